The van der Waals surface area contributed by atoms with Crippen LogP contribution in [0.5, 0.6) is 0 Å². The van der Waals surface area contributed by atoms with Crippen molar-refractivity contribution in [2.45, 2.75) is 13.0 Å². The molecule has 0 amide bonds. The molecule has 4 nitrogen and oxygen atoms in total. The molecule has 0 aliphatic carbocycles. The Kier molecular flexibility index (Phi) is 2.65. The minimum atomic E-state index is -0.419. The quantitative estimate of drug-likeness (QED) is 0.810. The second kappa shape index (κ2) is 3.81. The van der Waals surface area contributed by atoms with E-state index < -0.39 is 6.04 Å². The molecule has 0 saturated heterocycles. The Morgan fingerprint density at radius 3 is 3.00 bits per heavy atom. The van der Waals surface area contributed by atoms with E-state index in [0.717, 1.165) is 17.0 Å². The Balaban J connectivity index is 2.75. The first-order chi connectivity index (χ1) is 7.15. The SMILES string of the molecule is Cc1nc(Cl)c2cccc(C(N)CO)n12. The number of nitrogens with two attached hydrogens (primary N) is 1. The fraction of sp³-hybridized carbons (Fsp3) is 0.300. The number of hydrogen-bond acceptors (Lipinski definition) is 3. The number of halogens is 1. The topological polar surface area (TPSA) is 63.5 Å². The molecule has 0 aliphatic rings. The van der Waals surface area contributed by atoms with Crippen molar-refractivity contribution >= 4 is 17.1 Å². The molecule has 0 bridgehead atoms. The predicted molar refractivity (Wildman–Crippen MR) is 59.0 cm³/mol. The predicted octanol–water partition coefficient (Wildman–Crippen LogP) is 1.29. The van der Waals surface area contributed by atoms with Crippen LogP contribution in [0.25, 0.3) is 5.52 Å². The van der Waals surface area contributed by atoms with Gasteiger partial charge in [-0.3, -0.25) is 4.40 Å². The first-order valence-electron chi connectivity index (χ1n) is 4.65. The third kappa shape index (κ3) is 1.61. The molecule has 3 N–H and O–H groups in total. The Labute approximate surface area is 92.3 Å². The van der Waals surface area contributed by atoms with Gasteiger partial charge in [-0.25, -0.2) is 4.98 Å². The normalized spacial score (nSPS) is 13.3. The van der Waals surface area contributed by atoms with E-state index in [1.54, 1.807) is 0 Å². The molecule has 5 heteroatoms. The van der Waals surface area contributed by atoms with E-state index in [2.05, 4.69) is 4.98 Å². The summed E-state index contributed by atoms with van der Waals surface area (Å²) in [7, 11) is 0. The molecule has 1 atom stereocenters. The van der Waals surface area contributed by atoms with Crippen LogP contribution in [0.3, 0.4) is 0 Å². The Bertz CT molecular complexity index is 495. The summed E-state index contributed by atoms with van der Waals surface area (Å²) < 4.78 is 1.86. The third-order valence-electron chi connectivity index (χ3n) is 2.39. The van der Waals surface area contributed by atoms with E-state index in [0.29, 0.717) is 5.15 Å². The average Bonchev–Trinajstić information content (AvgIpc) is 2.54. The van der Waals surface area contributed by atoms with Gasteiger partial charge in [0.2, 0.25) is 0 Å². The second-order valence-corrected chi connectivity index (χ2v) is 3.77. The number of rotatable bonds is 2. The van der Waals surface area contributed by atoms with Crippen LogP contribution in [0.1, 0.15) is 17.6 Å². The maximum atomic E-state index is 9.05. The number of hydrogen-bond donors (Lipinski definition) is 2. The number of imidazole rings is 1. The van der Waals surface area contributed by atoms with Crippen LogP contribution >= 0.6 is 11.6 Å². The molecule has 0 fully saturated rings. The first-order valence-corrected chi connectivity index (χ1v) is 5.03. The van der Waals surface area contributed by atoms with Gasteiger partial charge in [0.15, 0.2) is 5.15 Å². The molecule has 0 aromatic carbocycles. The van der Waals surface area contributed by atoms with Gasteiger partial charge in [0.25, 0.3) is 0 Å². The molecule has 2 heterocycles. The van der Waals surface area contributed by atoms with Gasteiger partial charge >= 0.3 is 0 Å². The summed E-state index contributed by atoms with van der Waals surface area (Å²) in [5.41, 5.74) is 7.42. The summed E-state index contributed by atoms with van der Waals surface area (Å²) in [5.74, 6) is 0.773. The number of aromatic nitrogens is 2. The fourth-order valence-electron chi connectivity index (χ4n) is 1.68. The molecule has 1 unspecified atom stereocenters. The van der Waals surface area contributed by atoms with Crippen molar-refractivity contribution in [1.82, 2.24) is 9.38 Å². The van der Waals surface area contributed by atoms with Crippen LogP contribution in [-0.4, -0.2) is 21.1 Å². The van der Waals surface area contributed by atoms with Gasteiger partial charge < -0.3 is 10.8 Å². The van der Waals surface area contributed by atoms with Gasteiger partial charge in [-0.15, -0.1) is 0 Å². The number of fused-ring (bicyclic) bond motifs is 1. The first kappa shape index (κ1) is 10.4. The minimum Gasteiger partial charge on any atom is -0.394 e. The van der Waals surface area contributed by atoms with Crippen molar-refractivity contribution in [1.29, 1.82) is 0 Å². The number of nitrogens with zero attached hydrogens (tertiary/aromatic N) is 2. The molecule has 0 spiro atoms. The molecular weight excluding hydrogens is 214 g/mol. The van der Waals surface area contributed by atoms with E-state index in [-0.39, 0.29) is 6.61 Å². The molecule has 0 radical (unpaired) electrons. The van der Waals surface area contributed by atoms with Crippen molar-refractivity contribution in [3.63, 3.8) is 0 Å². The molecule has 0 aliphatic heterocycles. The minimum absolute atomic E-state index is 0.103. The summed E-state index contributed by atoms with van der Waals surface area (Å²) in [4.78, 5) is 4.16. The maximum Gasteiger partial charge on any atom is 0.155 e. The van der Waals surface area contributed by atoms with Crippen LogP contribution in [0.15, 0.2) is 18.2 Å². The van der Waals surface area contributed by atoms with Gasteiger partial charge in [0.1, 0.15) is 5.82 Å². The number of aliphatic hydroxyl groups is 1. The van der Waals surface area contributed by atoms with Gasteiger partial charge in [0.05, 0.1) is 18.2 Å². The van der Waals surface area contributed by atoms with E-state index in [4.69, 9.17) is 22.4 Å². The van der Waals surface area contributed by atoms with Crippen LogP contribution in [0.2, 0.25) is 5.15 Å². The van der Waals surface area contributed by atoms with E-state index in [1.807, 2.05) is 29.5 Å². The molecule has 15 heavy (non-hydrogen) atoms. The number of aliphatic hydroxyl groups excluding tert-OH is 1. The van der Waals surface area contributed by atoms with Crippen LogP contribution in [-0.2, 0) is 0 Å². The molecular formula is C10H12ClN3O. The zero-order valence-corrected chi connectivity index (χ0v) is 9.07. The summed E-state index contributed by atoms with van der Waals surface area (Å²) in [6.45, 7) is 1.75. The van der Waals surface area contributed by atoms with Crippen molar-refractivity contribution < 1.29 is 5.11 Å². The van der Waals surface area contributed by atoms with Gasteiger partial charge in [0, 0.05) is 5.69 Å². The zero-order chi connectivity index (χ0) is 11.0. The smallest absolute Gasteiger partial charge is 0.155 e. The number of aryl methyl sites for hydroxylation is 1. The molecule has 2 aromatic heterocycles. The maximum absolute atomic E-state index is 9.05. The van der Waals surface area contributed by atoms with Gasteiger partial charge in [-0.2, -0.15) is 0 Å². The average molecular weight is 226 g/mol. The largest absolute Gasteiger partial charge is 0.394 e. The lowest BCUT2D eigenvalue weighted by atomic mass is 10.2. The number of pyridine rings is 1. The van der Waals surface area contributed by atoms with Crippen molar-refractivity contribution in [3.8, 4) is 0 Å². The highest BCUT2D eigenvalue weighted by Gasteiger charge is 2.13. The third-order valence-corrected chi connectivity index (χ3v) is 2.67. The highest BCUT2D eigenvalue weighted by molar-refractivity contribution is 6.32. The van der Waals surface area contributed by atoms with Crippen molar-refractivity contribution in [2.24, 2.45) is 5.73 Å². The molecule has 2 aromatic rings. The Hall–Kier alpha value is -1.10. The molecule has 0 saturated carbocycles. The van der Waals surface area contributed by atoms with Crippen molar-refractivity contribution in [3.05, 3.63) is 34.9 Å². The Morgan fingerprint density at radius 2 is 2.33 bits per heavy atom. The van der Waals surface area contributed by atoms with Crippen LogP contribution < -0.4 is 5.73 Å². The highest BCUT2D eigenvalue weighted by atomic mass is 35.5. The summed E-state index contributed by atoms with van der Waals surface area (Å²) in [5, 5.41) is 9.51. The summed E-state index contributed by atoms with van der Waals surface area (Å²) in [6, 6.07) is 5.17. The zero-order valence-electron chi connectivity index (χ0n) is 8.31. The standard InChI is InChI=1S/C10H12ClN3O/c1-6-13-10(11)9-4-2-3-8(14(6)9)7(12)5-15/h2-4,7,15H,5,12H2,1H3. The van der Waals surface area contributed by atoms with Crippen LogP contribution in [0, 0.1) is 6.92 Å². The van der Waals surface area contributed by atoms with E-state index >= 15 is 0 Å². The highest BCUT2D eigenvalue weighted by Crippen LogP contribution is 2.22. The molecule has 80 valence electrons. The lowest BCUT2D eigenvalue weighted by Gasteiger charge is -2.12. The van der Waals surface area contributed by atoms with E-state index in [1.165, 1.54) is 0 Å². The van der Waals surface area contributed by atoms with E-state index in [9.17, 15) is 0 Å². The molecule has 2 rings (SSSR count). The van der Waals surface area contributed by atoms with Crippen LogP contribution in [0.4, 0.5) is 0 Å². The Morgan fingerprint density at radius 1 is 1.60 bits per heavy atom. The fourth-order valence-corrected chi connectivity index (χ4v) is 1.95. The monoisotopic (exact) mass is 225 g/mol. The van der Waals surface area contributed by atoms with Gasteiger partial charge in [-0.05, 0) is 19.1 Å². The van der Waals surface area contributed by atoms with Crippen molar-refractivity contribution in [2.75, 3.05) is 6.61 Å². The second-order valence-electron chi connectivity index (χ2n) is 3.41. The van der Waals surface area contributed by atoms with Gasteiger partial charge in [-0.1, -0.05) is 17.7 Å². The summed E-state index contributed by atoms with van der Waals surface area (Å²) >= 11 is 5.96. The lowest BCUT2D eigenvalue weighted by molar-refractivity contribution is 0.265. The summed E-state index contributed by atoms with van der Waals surface area (Å²) in [6.07, 6.45) is 0. The lowest BCUT2D eigenvalue weighted by Crippen LogP contribution is -2.18.